The molecular weight excluding hydrogens is 675 g/mol. The fraction of sp³-hybridized carbons (Fsp3) is 0.290. The fourth-order valence-corrected chi connectivity index (χ4v) is 6.80. The fourth-order valence-electron chi connectivity index (χ4n) is 5.38. The lowest BCUT2D eigenvalue weighted by atomic mass is 9.96. The number of benzene rings is 3. The summed E-state index contributed by atoms with van der Waals surface area (Å²) in [7, 11) is 1.35. The van der Waals surface area contributed by atoms with Crippen LogP contribution in [0.5, 0.6) is 5.75 Å². The Bertz CT molecular complexity index is 1840. The number of rotatable bonds is 9. The van der Waals surface area contributed by atoms with Crippen molar-refractivity contribution in [2.24, 2.45) is 0 Å². The molecule has 0 aliphatic carbocycles. The van der Waals surface area contributed by atoms with Gasteiger partial charge in [0.05, 0.1) is 36.0 Å². The predicted octanol–water partition coefficient (Wildman–Crippen LogP) is 7.81. The summed E-state index contributed by atoms with van der Waals surface area (Å²) >= 11 is 1.09. The molecule has 1 unspecified atom stereocenters. The first-order valence-electron chi connectivity index (χ1n) is 14.0. The van der Waals surface area contributed by atoms with E-state index in [4.69, 9.17) is 4.74 Å². The van der Waals surface area contributed by atoms with E-state index in [1.165, 1.54) is 7.11 Å². The summed E-state index contributed by atoms with van der Waals surface area (Å²) in [6.07, 6.45) is -9.00. The number of fused-ring (bicyclic) bond motifs is 1. The van der Waals surface area contributed by atoms with E-state index in [0.29, 0.717) is 54.0 Å². The first-order valence-corrected chi connectivity index (χ1v) is 15.7. The zero-order valence-corrected chi connectivity index (χ0v) is 26.0. The van der Waals surface area contributed by atoms with Crippen LogP contribution in [0.4, 0.5) is 42.1 Å². The van der Waals surface area contributed by atoms with Crippen molar-refractivity contribution in [2.45, 2.75) is 24.7 Å². The summed E-state index contributed by atoms with van der Waals surface area (Å²) in [6, 6.07) is 9.50. The first-order chi connectivity index (χ1) is 22.2. The second-order valence-corrected chi connectivity index (χ2v) is 12.4. The van der Waals surface area contributed by atoms with Crippen molar-refractivity contribution in [1.82, 2.24) is 4.90 Å². The molecule has 47 heavy (non-hydrogen) atoms. The van der Waals surface area contributed by atoms with Crippen LogP contribution in [0.1, 0.15) is 49.1 Å². The third-order valence-corrected chi connectivity index (χ3v) is 9.20. The second-order valence-electron chi connectivity index (χ2n) is 10.7. The van der Waals surface area contributed by atoms with Gasteiger partial charge in [-0.15, -0.1) is 11.3 Å². The Kier molecular flexibility index (Phi) is 9.84. The lowest BCUT2D eigenvalue weighted by Crippen LogP contribution is -2.23. The van der Waals surface area contributed by atoms with Gasteiger partial charge in [0.1, 0.15) is 16.4 Å². The van der Waals surface area contributed by atoms with E-state index in [1.807, 2.05) is 6.07 Å². The van der Waals surface area contributed by atoms with E-state index in [2.05, 4.69) is 15.5 Å². The molecule has 1 atom stereocenters. The number of carbonyl (C=O) groups is 2. The van der Waals surface area contributed by atoms with Gasteiger partial charge in [-0.2, -0.15) is 26.3 Å². The normalized spacial score (nSPS) is 15.5. The lowest BCUT2D eigenvalue weighted by molar-refractivity contribution is -0.140. The quantitative estimate of drug-likeness (QED) is 0.138. The van der Waals surface area contributed by atoms with Crippen LogP contribution in [-0.4, -0.2) is 49.2 Å². The number of anilines is 2. The SMILES string of the molecule is COc1ccc(C2CCN(CC[S+]=O)C2)cc1C(=O)Nc1c(C(=O)Nc2ccc(F)c(C(F)(F)F)c2)sc2cc(C(F)(F)F)ccc12. The maximum absolute atomic E-state index is 13.8. The van der Waals surface area contributed by atoms with Crippen molar-refractivity contribution in [3.05, 3.63) is 87.5 Å². The minimum absolute atomic E-state index is 0.0293. The molecule has 1 fully saturated rings. The number of ether oxygens (including phenoxy) is 1. The van der Waals surface area contributed by atoms with Gasteiger partial charge in [0.25, 0.3) is 11.8 Å². The monoisotopic (exact) mass is 700 g/mol. The molecule has 0 spiro atoms. The lowest BCUT2D eigenvalue weighted by Gasteiger charge is -2.16. The standard InChI is InChI=1S/C31H24F7N3O4S2/c1-45-24-7-2-16(17-8-9-41(15-17)10-11-46-44)12-21(24)28(42)40-26-20-5-3-18(30(33,34)35)13-25(20)47-27(26)29(43)39-19-4-6-23(32)22(14-19)31(36,37)38/h2-7,12-14,17H,8-11,15H2,1H3,(H-,39,40,42,43)/p+1. The van der Waals surface area contributed by atoms with Gasteiger partial charge in [-0.3, -0.25) is 14.5 Å². The van der Waals surface area contributed by atoms with Crippen molar-refractivity contribution in [3.8, 4) is 5.75 Å². The van der Waals surface area contributed by atoms with E-state index in [1.54, 1.807) is 12.1 Å². The zero-order valence-electron chi connectivity index (χ0n) is 24.4. The number of nitrogens with zero attached hydrogens (tertiary/aromatic N) is 1. The molecule has 2 amide bonds. The molecule has 2 N–H and O–H groups in total. The van der Waals surface area contributed by atoms with Gasteiger partial charge in [0, 0.05) is 26.5 Å². The molecule has 0 bridgehead atoms. The molecule has 4 aromatic rings. The minimum Gasteiger partial charge on any atom is -0.496 e. The first kappa shape index (κ1) is 34.2. The Morgan fingerprint density at radius 2 is 1.74 bits per heavy atom. The zero-order chi connectivity index (χ0) is 34.1. The summed E-state index contributed by atoms with van der Waals surface area (Å²) in [5, 5.41) is 4.91. The number of halogens is 7. The maximum atomic E-state index is 13.8. The van der Waals surface area contributed by atoms with Gasteiger partial charge in [-0.1, -0.05) is 12.1 Å². The third-order valence-electron chi connectivity index (χ3n) is 7.69. The largest absolute Gasteiger partial charge is 0.496 e. The number of methoxy groups -OCH3 is 1. The van der Waals surface area contributed by atoms with Gasteiger partial charge < -0.3 is 15.4 Å². The van der Waals surface area contributed by atoms with E-state index in [-0.39, 0.29) is 37.9 Å². The molecule has 0 saturated carbocycles. The highest BCUT2D eigenvalue weighted by Gasteiger charge is 2.35. The summed E-state index contributed by atoms with van der Waals surface area (Å²) in [6.45, 7) is 2.04. The molecule has 1 aliphatic rings. The van der Waals surface area contributed by atoms with Crippen LogP contribution in [0.25, 0.3) is 10.1 Å². The van der Waals surface area contributed by atoms with Crippen LogP contribution < -0.4 is 15.4 Å². The van der Waals surface area contributed by atoms with Crippen LogP contribution in [-0.2, 0) is 28.2 Å². The van der Waals surface area contributed by atoms with Gasteiger partial charge in [-0.25, -0.2) is 4.39 Å². The topological polar surface area (TPSA) is 87.7 Å². The predicted molar refractivity (Wildman–Crippen MR) is 164 cm³/mol. The molecule has 1 aromatic heterocycles. The minimum atomic E-state index is -5.06. The Morgan fingerprint density at radius 1 is 0.979 bits per heavy atom. The van der Waals surface area contributed by atoms with Crippen LogP contribution in [0.2, 0.25) is 0 Å². The average molecular weight is 701 g/mol. The Hall–Kier alpha value is -4.15. The van der Waals surface area contributed by atoms with Gasteiger partial charge in [0.2, 0.25) is 5.75 Å². The highest BCUT2D eigenvalue weighted by atomic mass is 32.1. The van der Waals surface area contributed by atoms with E-state index < -0.39 is 46.8 Å². The molecule has 2 heterocycles. The molecule has 0 radical (unpaired) electrons. The van der Waals surface area contributed by atoms with E-state index >= 15 is 0 Å². The van der Waals surface area contributed by atoms with Gasteiger partial charge in [0.15, 0.2) is 0 Å². The van der Waals surface area contributed by atoms with Crippen LogP contribution >= 0.6 is 11.3 Å². The van der Waals surface area contributed by atoms with Crippen molar-refractivity contribution in [2.75, 3.05) is 43.1 Å². The van der Waals surface area contributed by atoms with Crippen LogP contribution in [0.3, 0.4) is 0 Å². The van der Waals surface area contributed by atoms with Crippen LogP contribution in [0, 0.1) is 5.82 Å². The highest BCUT2D eigenvalue weighted by Crippen LogP contribution is 2.41. The number of likely N-dealkylation sites (tertiary alicyclic amines) is 1. The summed E-state index contributed by atoms with van der Waals surface area (Å²) in [4.78, 5) is 29.0. The summed E-state index contributed by atoms with van der Waals surface area (Å²) in [5.41, 5.74) is -2.36. The molecule has 3 aromatic carbocycles. The van der Waals surface area contributed by atoms with Crippen molar-refractivity contribution in [3.63, 3.8) is 0 Å². The molecule has 7 nitrogen and oxygen atoms in total. The average Bonchev–Trinajstić information content (AvgIpc) is 3.64. The molecule has 248 valence electrons. The third kappa shape index (κ3) is 7.55. The molecule has 1 saturated heterocycles. The number of hydrogen-bond acceptors (Lipinski definition) is 6. The number of amides is 2. The van der Waals surface area contributed by atoms with Crippen molar-refractivity contribution < 1.29 is 49.3 Å². The van der Waals surface area contributed by atoms with Gasteiger partial charge >= 0.3 is 24.0 Å². The molecule has 5 rings (SSSR count). The van der Waals surface area contributed by atoms with E-state index in [0.717, 1.165) is 42.8 Å². The van der Waals surface area contributed by atoms with E-state index in [9.17, 15) is 44.5 Å². The highest BCUT2D eigenvalue weighted by molar-refractivity contribution is 7.65. The smallest absolute Gasteiger partial charge is 0.460 e. The van der Waals surface area contributed by atoms with Crippen molar-refractivity contribution in [1.29, 1.82) is 0 Å². The number of thiophene rings is 1. The Balaban J connectivity index is 1.51. The summed E-state index contributed by atoms with van der Waals surface area (Å²) in [5.74, 6) is -2.70. The molecule has 1 aliphatic heterocycles. The van der Waals surface area contributed by atoms with Crippen LogP contribution in [0.15, 0.2) is 54.6 Å². The Labute approximate surface area is 271 Å². The molecular formula is C31H25F7N3O4S2+. The maximum Gasteiger partial charge on any atom is 0.460 e. The molecule has 16 heteroatoms. The number of carbonyl (C=O) groups excluding carboxylic acids is 2. The second kappa shape index (κ2) is 13.5. The summed E-state index contributed by atoms with van der Waals surface area (Å²) < 4.78 is 110. The number of nitrogens with one attached hydrogen (secondary N) is 2. The van der Waals surface area contributed by atoms with Gasteiger partial charge in [-0.05, 0) is 66.9 Å². The number of alkyl halides is 6. The Morgan fingerprint density at radius 3 is 2.43 bits per heavy atom. The van der Waals surface area contributed by atoms with Crippen molar-refractivity contribution >= 4 is 56.3 Å². The number of hydrogen-bond donors (Lipinski definition) is 2.